The number of nitrogens with zero attached hydrogens (tertiary/aromatic N) is 1. The van der Waals surface area contributed by atoms with Crippen molar-refractivity contribution in [3.05, 3.63) is 22.7 Å². The molecule has 1 aromatic carbocycles. The molecule has 0 aliphatic heterocycles. The Morgan fingerprint density at radius 2 is 2.00 bits per heavy atom. The molecule has 0 heterocycles. The van der Waals surface area contributed by atoms with Crippen LogP contribution >= 0.6 is 11.6 Å². The van der Waals surface area contributed by atoms with Crippen molar-refractivity contribution in [1.29, 1.82) is 5.26 Å². The number of methoxy groups -OCH3 is 2. The van der Waals surface area contributed by atoms with Crippen molar-refractivity contribution in [2.24, 2.45) is 5.41 Å². The van der Waals surface area contributed by atoms with Gasteiger partial charge in [0.05, 0.1) is 30.7 Å². The van der Waals surface area contributed by atoms with Crippen molar-refractivity contribution in [1.82, 2.24) is 5.32 Å². The minimum absolute atomic E-state index is 0.400. The van der Waals surface area contributed by atoms with Crippen molar-refractivity contribution in [3.63, 3.8) is 0 Å². The standard InChI is InChI=1S/C14H19ClN2O2/c1-14(2,8-16)9-17-7-10-5-6-11(18-3)13(19-4)12(10)15/h5-6,17H,7,9H2,1-4H3. The monoisotopic (exact) mass is 282 g/mol. The van der Waals surface area contributed by atoms with Gasteiger partial charge in [-0.3, -0.25) is 0 Å². The topological polar surface area (TPSA) is 54.3 Å². The fraction of sp³-hybridized carbons (Fsp3) is 0.500. The molecule has 0 amide bonds. The van der Waals surface area contributed by atoms with Crippen LogP contribution in [0, 0.1) is 16.7 Å². The summed E-state index contributed by atoms with van der Waals surface area (Å²) in [5.74, 6) is 1.14. The maximum atomic E-state index is 8.94. The number of rotatable bonds is 6. The van der Waals surface area contributed by atoms with Crippen molar-refractivity contribution in [2.45, 2.75) is 20.4 Å². The fourth-order valence-electron chi connectivity index (χ4n) is 1.62. The predicted molar refractivity (Wildman–Crippen MR) is 75.7 cm³/mol. The normalized spacial score (nSPS) is 10.9. The zero-order valence-electron chi connectivity index (χ0n) is 11.7. The van der Waals surface area contributed by atoms with Crippen LogP contribution in [0.15, 0.2) is 12.1 Å². The zero-order valence-corrected chi connectivity index (χ0v) is 12.5. The van der Waals surface area contributed by atoms with E-state index in [1.807, 2.05) is 26.0 Å². The number of ether oxygens (including phenoxy) is 2. The molecule has 4 nitrogen and oxygen atoms in total. The van der Waals surface area contributed by atoms with Crippen LogP contribution in [0.2, 0.25) is 5.02 Å². The van der Waals surface area contributed by atoms with E-state index in [1.165, 1.54) is 0 Å². The number of halogens is 1. The molecule has 0 radical (unpaired) electrons. The minimum atomic E-state index is -0.400. The number of hydrogen-bond donors (Lipinski definition) is 1. The van der Waals surface area contributed by atoms with E-state index < -0.39 is 5.41 Å². The molecule has 0 aliphatic rings. The average Bonchev–Trinajstić information content (AvgIpc) is 2.40. The van der Waals surface area contributed by atoms with Crippen molar-refractivity contribution in [2.75, 3.05) is 20.8 Å². The van der Waals surface area contributed by atoms with E-state index in [0.717, 1.165) is 5.56 Å². The van der Waals surface area contributed by atoms with Crippen LogP contribution in [0.5, 0.6) is 11.5 Å². The molecule has 0 bridgehead atoms. The van der Waals surface area contributed by atoms with Gasteiger partial charge in [0.2, 0.25) is 0 Å². The molecule has 0 spiro atoms. The lowest BCUT2D eigenvalue weighted by molar-refractivity contribution is 0.354. The van der Waals surface area contributed by atoms with Crippen LogP contribution in [-0.4, -0.2) is 20.8 Å². The van der Waals surface area contributed by atoms with E-state index in [1.54, 1.807) is 14.2 Å². The molecule has 0 saturated carbocycles. The Bertz CT molecular complexity index is 481. The lowest BCUT2D eigenvalue weighted by Gasteiger charge is -2.17. The number of nitrogens with one attached hydrogen (secondary N) is 1. The first-order valence-corrected chi connectivity index (χ1v) is 6.34. The molecule has 1 N–H and O–H groups in total. The van der Waals surface area contributed by atoms with E-state index in [-0.39, 0.29) is 0 Å². The maximum absolute atomic E-state index is 8.94. The summed E-state index contributed by atoms with van der Waals surface area (Å²) in [6, 6.07) is 5.94. The van der Waals surface area contributed by atoms with E-state index >= 15 is 0 Å². The first-order valence-electron chi connectivity index (χ1n) is 5.96. The lowest BCUT2D eigenvalue weighted by atomic mass is 9.96. The van der Waals surface area contributed by atoms with Gasteiger partial charge >= 0.3 is 0 Å². The van der Waals surface area contributed by atoms with Gasteiger partial charge in [0.1, 0.15) is 0 Å². The quantitative estimate of drug-likeness (QED) is 0.871. The van der Waals surface area contributed by atoms with Crippen LogP contribution in [-0.2, 0) is 6.54 Å². The SMILES string of the molecule is COc1ccc(CNCC(C)(C)C#N)c(Cl)c1OC. The molecule has 1 rings (SSSR count). The summed E-state index contributed by atoms with van der Waals surface area (Å²) in [4.78, 5) is 0. The first kappa shape index (κ1) is 15.6. The third kappa shape index (κ3) is 4.02. The Hall–Kier alpha value is -1.44. The molecule has 0 saturated heterocycles. The van der Waals surface area contributed by atoms with Crippen LogP contribution in [0.3, 0.4) is 0 Å². The highest BCUT2D eigenvalue weighted by molar-refractivity contribution is 6.33. The van der Waals surface area contributed by atoms with Gasteiger partial charge < -0.3 is 14.8 Å². The molecule has 1 aromatic rings. The number of nitriles is 1. The molecule has 5 heteroatoms. The van der Waals surface area contributed by atoms with Gasteiger partial charge in [0, 0.05) is 13.1 Å². The van der Waals surface area contributed by atoms with Gasteiger partial charge in [0.25, 0.3) is 0 Å². The zero-order chi connectivity index (χ0) is 14.5. The largest absolute Gasteiger partial charge is 0.493 e. The summed E-state index contributed by atoms with van der Waals surface area (Å²) in [7, 11) is 3.13. The molecular formula is C14H19ClN2O2. The Morgan fingerprint density at radius 1 is 1.32 bits per heavy atom. The van der Waals surface area contributed by atoms with Crippen molar-refractivity contribution in [3.8, 4) is 17.6 Å². The summed E-state index contributed by atoms with van der Waals surface area (Å²) in [6.45, 7) is 4.94. The highest BCUT2D eigenvalue weighted by atomic mass is 35.5. The second kappa shape index (κ2) is 6.65. The minimum Gasteiger partial charge on any atom is -0.493 e. The molecular weight excluding hydrogens is 264 g/mol. The van der Waals surface area contributed by atoms with Gasteiger partial charge in [0.15, 0.2) is 11.5 Å². The molecule has 0 aromatic heterocycles. The van der Waals surface area contributed by atoms with Crippen LogP contribution in [0.1, 0.15) is 19.4 Å². The van der Waals surface area contributed by atoms with Crippen LogP contribution in [0.4, 0.5) is 0 Å². The summed E-state index contributed by atoms with van der Waals surface area (Å²) < 4.78 is 10.4. The second-order valence-electron chi connectivity index (χ2n) is 4.87. The number of benzene rings is 1. The lowest BCUT2D eigenvalue weighted by Crippen LogP contribution is -2.27. The maximum Gasteiger partial charge on any atom is 0.179 e. The summed E-state index contributed by atoms with van der Waals surface area (Å²) >= 11 is 6.27. The predicted octanol–water partition coefficient (Wildman–Crippen LogP) is 3.00. The Balaban J connectivity index is 2.78. The third-order valence-corrected chi connectivity index (χ3v) is 3.16. The van der Waals surface area contributed by atoms with Gasteiger partial charge in [-0.05, 0) is 25.5 Å². The van der Waals surface area contributed by atoms with Crippen molar-refractivity contribution >= 4 is 11.6 Å². The summed E-state index contributed by atoms with van der Waals surface area (Å²) in [5.41, 5.74) is 0.510. The molecule has 104 valence electrons. The summed E-state index contributed by atoms with van der Waals surface area (Å²) in [5, 5.41) is 12.7. The van der Waals surface area contributed by atoms with E-state index in [2.05, 4.69) is 11.4 Å². The summed E-state index contributed by atoms with van der Waals surface area (Å²) in [6.07, 6.45) is 0. The Kier molecular flexibility index (Phi) is 5.46. The highest BCUT2D eigenvalue weighted by Crippen LogP contribution is 2.37. The average molecular weight is 283 g/mol. The van der Waals surface area contributed by atoms with Crippen LogP contribution in [0.25, 0.3) is 0 Å². The smallest absolute Gasteiger partial charge is 0.179 e. The molecule has 0 atom stereocenters. The third-order valence-electron chi connectivity index (χ3n) is 2.75. The second-order valence-corrected chi connectivity index (χ2v) is 5.25. The Morgan fingerprint density at radius 3 is 2.53 bits per heavy atom. The van der Waals surface area contributed by atoms with E-state index in [0.29, 0.717) is 29.6 Å². The molecule has 0 unspecified atom stereocenters. The Labute approximate surface area is 119 Å². The van der Waals surface area contributed by atoms with Crippen molar-refractivity contribution < 1.29 is 9.47 Å². The molecule has 0 fully saturated rings. The highest BCUT2D eigenvalue weighted by Gasteiger charge is 2.17. The fourth-order valence-corrected chi connectivity index (χ4v) is 1.92. The van der Waals surface area contributed by atoms with E-state index in [4.69, 9.17) is 26.3 Å². The van der Waals surface area contributed by atoms with E-state index in [9.17, 15) is 0 Å². The molecule has 19 heavy (non-hydrogen) atoms. The first-order chi connectivity index (χ1) is 8.95. The van der Waals surface area contributed by atoms with Gasteiger partial charge in [-0.15, -0.1) is 0 Å². The van der Waals surface area contributed by atoms with Gasteiger partial charge in [-0.25, -0.2) is 0 Å². The molecule has 0 aliphatic carbocycles. The van der Waals surface area contributed by atoms with Gasteiger partial charge in [-0.1, -0.05) is 17.7 Å². The van der Waals surface area contributed by atoms with Crippen LogP contribution < -0.4 is 14.8 Å². The van der Waals surface area contributed by atoms with Gasteiger partial charge in [-0.2, -0.15) is 5.26 Å². The number of hydrogen-bond acceptors (Lipinski definition) is 4.